The van der Waals surface area contributed by atoms with Gasteiger partial charge in [-0.3, -0.25) is 9.59 Å². The van der Waals surface area contributed by atoms with E-state index in [1.807, 2.05) is 32.1 Å². The third-order valence-corrected chi connectivity index (χ3v) is 8.57. The quantitative estimate of drug-likeness (QED) is 0.206. The molecule has 0 bridgehead atoms. The topological polar surface area (TPSA) is 54.4 Å². The maximum atomic E-state index is 12.2. The molecule has 1 N–H and O–H groups in total. The zero-order chi connectivity index (χ0) is 32.4. The van der Waals surface area contributed by atoms with E-state index < -0.39 is 0 Å². The molecular formula is C40H54O3. The van der Waals surface area contributed by atoms with Crippen LogP contribution in [0.4, 0.5) is 0 Å². The summed E-state index contributed by atoms with van der Waals surface area (Å²) in [7, 11) is 0. The van der Waals surface area contributed by atoms with Crippen LogP contribution in [0.1, 0.15) is 88.5 Å². The maximum absolute atomic E-state index is 12.2. The molecule has 2 aliphatic carbocycles. The van der Waals surface area contributed by atoms with E-state index in [1.165, 1.54) is 22.3 Å². The van der Waals surface area contributed by atoms with E-state index in [4.69, 9.17) is 0 Å². The van der Waals surface area contributed by atoms with Crippen molar-refractivity contribution in [3.05, 3.63) is 119 Å². The summed E-state index contributed by atoms with van der Waals surface area (Å²) in [6.07, 6.45) is 30.9. The van der Waals surface area contributed by atoms with Gasteiger partial charge >= 0.3 is 0 Å². The van der Waals surface area contributed by atoms with Crippen LogP contribution in [0.2, 0.25) is 0 Å². The van der Waals surface area contributed by atoms with Gasteiger partial charge < -0.3 is 5.11 Å². The van der Waals surface area contributed by atoms with Crippen LogP contribution < -0.4 is 0 Å². The van der Waals surface area contributed by atoms with Crippen molar-refractivity contribution in [2.75, 3.05) is 0 Å². The van der Waals surface area contributed by atoms with Gasteiger partial charge in [-0.1, -0.05) is 148 Å². The van der Waals surface area contributed by atoms with Gasteiger partial charge in [-0.25, -0.2) is 0 Å². The fraction of sp³-hybridized carbons (Fsp3) is 0.450. The number of aliphatic hydroxyl groups excluding tert-OH is 1. The number of ketones is 2. The van der Waals surface area contributed by atoms with E-state index >= 15 is 0 Å². The molecule has 0 aliphatic heterocycles. The molecule has 3 atom stereocenters. The van der Waals surface area contributed by atoms with Crippen molar-refractivity contribution in [3.63, 3.8) is 0 Å². The molecule has 2 rings (SSSR count). The molecule has 3 heteroatoms. The van der Waals surface area contributed by atoms with Crippen LogP contribution >= 0.6 is 0 Å². The molecule has 0 aromatic heterocycles. The molecule has 0 aromatic carbocycles. The maximum Gasteiger partial charge on any atom is 0.201 e. The Morgan fingerprint density at radius 2 is 1.26 bits per heavy atom. The van der Waals surface area contributed by atoms with Gasteiger partial charge in [0.1, 0.15) is 0 Å². The number of hydrogen-bond acceptors (Lipinski definition) is 3. The molecule has 1 saturated carbocycles. The van der Waals surface area contributed by atoms with E-state index in [2.05, 4.69) is 122 Å². The molecule has 0 heterocycles. The highest BCUT2D eigenvalue weighted by Crippen LogP contribution is 2.42. The third kappa shape index (κ3) is 11.4. The van der Waals surface area contributed by atoms with Gasteiger partial charge in [-0.2, -0.15) is 0 Å². The molecule has 232 valence electrons. The summed E-state index contributed by atoms with van der Waals surface area (Å²) in [5.41, 5.74) is 6.99. The van der Waals surface area contributed by atoms with Crippen LogP contribution in [0.15, 0.2) is 119 Å². The van der Waals surface area contributed by atoms with Gasteiger partial charge in [0.2, 0.25) is 5.78 Å². The van der Waals surface area contributed by atoms with Crippen molar-refractivity contribution in [1.82, 2.24) is 0 Å². The second kappa shape index (κ2) is 16.0. The lowest BCUT2D eigenvalue weighted by Gasteiger charge is -2.39. The van der Waals surface area contributed by atoms with Gasteiger partial charge in [-0.05, 0) is 69.8 Å². The first-order chi connectivity index (χ1) is 20.0. The van der Waals surface area contributed by atoms with Gasteiger partial charge in [0.05, 0.1) is 6.10 Å². The number of carbonyl (C=O) groups is 2. The van der Waals surface area contributed by atoms with Crippen molar-refractivity contribution in [2.24, 2.45) is 22.7 Å². The number of Topliss-reactive ketones (excluding diaryl/α,β-unsaturated/α-hetero) is 2. The molecule has 0 radical (unpaired) electrons. The molecule has 1 fully saturated rings. The second-order valence-electron chi connectivity index (χ2n) is 13.8. The summed E-state index contributed by atoms with van der Waals surface area (Å²) in [6, 6.07) is 0. The smallest absolute Gasteiger partial charge is 0.201 e. The molecule has 0 aromatic rings. The van der Waals surface area contributed by atoms with Gasteiger partial charge in [0.25, 0.3) is 0 Å². The first-order valence-corrected chi connectivity index (χ1v) is 15.6. The summed E-state index contributed by atoms with van der Waals surface area (Å²) in [6.45, 7) is 20.9. The molecule has 0 amide bonds. The minimum atomic E-state index is -0.276. The van der Waals surface area contributed by atoms with Crippen molar-refractivity contribution in [3.8, 4) is 0 Å². The standard InChI is InChI=1S/C40H54O3/c1-28(17-13-19-30(3)21-23-35-32(5)25-34(41)26-39(35,7)8)15-11-12-16-29(2)18-14-20-31(4)22-24-36-33(6)38(43)37(42)27-40(36,9)10/h11-24,33-34,36,41H,25-27H2,1-10H3/b12-11+,17-13+,18-14+,23-21+,24-22+,28-15+,29-16+,30-19+,31-20+. The van der Waals surface area contributed by atoms with Crippen LogP contribution in [-0.2, 0) is 9.59 Å². The monoisotopic (exact) mass is 582 g/mol. The van der Waals surface area contributed by atoms with Crippen LogP contribution in [0, 0.1) is 22.7 Å². The Kier molecular flexibility index (Phi) is 13.3. The molecule has 2 aliphatic rings. The van der Waals surface area contributed by atoms with E-state index in [-0.39, 0.29) is 40.3 Å². The number of hydrogen-bond donors (Lipinski definition) is 1. The summed E-state index contributed by atoms with van der Waals surface area (Å²) >= 11 is 0. The molecule has 0 spiro atoms. The highest BCUT2D eigenvalue weighted by molar-refractivity contribution is 6.38. The lowest BCUT2D eigenvalue weighted by atomic mass is 9.63. The average Bonchev–Trinajstić information content (AvgIpc) is 2.88. The van der Waals surface area contributed by atoms with Crippen molar-refractivity contribution < 1.29 is 14.7 Å². The van der Waals surface area contributed by atoms with Crippen LogP contribution in [-0.4, -0.2) is 22.8 Å². The lowest BCUT2D eigenvalue weighted by molar-refractivity contribution is -0.145. The Hall–Kier alpha value is -3.30. The zero-order valence-corrected chi connectivity index (χ0v) is 28.2. The summed E-state index contributed by atoms with van der Waals surface area (Å²) < 4.78 is 0. The van der Waals surface area contributed by atoms with Crippen molar-refractivity contribution >= 4 is 11.6 Å². The Morgan fingerprint density at radius 3 is 1.79 bits per heavy atom. The minimum Gasteiger partial charge on any atom is -0.393 e. The van der Waals surface area contributed by atoms with Crippen LogP contribution in [0.3, 0.4) is 0 Å². The minimum absolute atomic E-state index is 0.00557. The van der Waals surface area contributed by atoms with E-state index in [0.29, 0.717) is 6.42 Å². The molecule has 43 heavy (non-hydrogen) atoms. The largest absolute Gasteiger partial charge is 0.393 e. The highest BCUT2D eigenvalue weighted by atomic mass is 16.3. The normalized spacial score (nSPS) is 26.4. The van der Waals surface area contributed by atoms with Crippen LogP contribution in [0.25, 0.3) is 0 Å². The number of aliphatic hydroxyl groups is 1. The predicted octanol–water partition coefficient (Wildman–Crippen LogP) is 9.87. The third-order valence-electron chi connectivity index (χ3n) is 8.57. The Balaban J connectivity index is 1.91. The zero-order valence-electron chi connectivity index (χ0n) is 28.2. The molecular weight excluding hydrogens is 528 g/mol. The van der Waals surface area contributed by atoms with Crippen molar-refractivity contribution in [1.29, 1.82) is 0 Å². The van der Waals surface area contributed by atoms with Gasteiger partial charge in [-0.15, -0.1) is 0 Å². The number of allylic oxidation sites excluding steroid dienone is 19. The Morgan fingerprint density at radius 1 is 0.767 bits per heavy atom. The van der Waals surface area contributed by atoms with Gasteiger partial charge in [0.15, 0.2) is 5.78 Å². The second-order valence-corrected chi connectivity index (χ2v) is 13.8. The molecule has 0 saturated heterocycles. The Bertz CT molecular complexity index is 1340. The number of carbonyl (C=O) groups excluding carboxylic acids is 2. The first-order valence-electron chi connectivity index (χ1n) is 15.6. The predicted molar refractivity (Wildman–Crippen MR) is 184 cm³/mol. The molecule has 3 nitrogen and oxygen atoms in total. The lowest BCUT2D eigenvalue weighted by Crippen LogP contribution is -2.43. The van der Waals surface area contributed by atoms with Crippen molar-refractivity contribution in [2.45, 2.75) is 94.6 Å². The number of rotatable bonds is 10. The van der Waals surface area contributed by atoms with Crippen LogP contribution in [0.5, 0.6) is 0 Å². The first kappa shape index (κ1) is 35.9. The van der Waals surface area contributed by atoms with E-state index in [9.17, 15) is 14.7 Å². The molecule has 3 unspecified atom stereocenters. The highest BCUT2D eigenvalue weighted by Gasteiger charge is 2.44. The van der Waals surface area contributed by atoms with Gasteiger partial charge in [0, 0.05) is 12.3 Å². The Labute approximate surface area is 261 Å². The fourth-order valence-electron chi connectivity index (χ4n) is 6.13. The SMILES string of the molecule is CC1=C(/C=C/C(C)=C/C=C/C(C)=C/C=C/C=C(C)/C=C/C=C(C)/C=C/C2C(C)C(=O)C(=O)CC2(C)C)C(C)(C)CC(O)C1. The summed E-state index contributed by atoms with van der Waals surface area (Å²) in [5, 5.41) is 10.1. The van der Waals surface area contributed by atoms with E-state index in [1.54, 1.807) is 0 Å². The van der Waals surface area contributed by atoms with E-state index in [0.717, 1.165) is 24.0 Å². The summed E-state index contributed by atoms with van der Waals surface area (Å²) in [5.74, 6) is -0.701. The fourth-order valence-corrected chi connectivity index (χ4v) is 6.13. The summed E-state index contributed by atoms with van der Waals surface area (Å²) in [4.78, 5) is 24.2. The average molecular weight is 583 g/mol.